The number of aliphatic hydroxyl groups excluding tert-OH is 2. The summed E-state index contributed by atoms with van der Waals surface area (Å²) in [5.41, 5.74) is 0.356. The van der Waals surface area contributed by atoms with E-state index in [1.807, 2.05) is 0 Å². The molecule has 78 valence electrons. The van der Waals surface area contributed by atoms with Gasteiger partial charge < -0.3 is 10.2 Å². The zero-order valence-corrected chi connectivity index (χ0v) is 8.79. The molecule has 0 heterocycles. The lowest BCUT2D eigenvalue weighted by atomic mass is 9.67. The quantitative estimate of drug-likeness (QED) is 0.707. The molecule has 2 heteroatoms. The van der Waals surface area contributed by atoms with Gasteiger partial charge >= 0.3 is 0 Å². The molecule has 0 bridgehead atoms. The van der Waals surface area contributed by atoms with Crippen LogP contribution < -0.4 is 0 Å². The normalized spacial score (nSPS) is 30.0. The Hall–Kier alpha value is -0.0800. The van der Waals surface area contributed by atoms with Gasteiger partial charge in [-0.25, -0.2) is 0 Å². The minimum Gasteiger partial charge on any atom is -0.394 e. The first-order valence-electron chi connectivity index (χ1n) is 5.35. The van der Waals surface area contributed by atoms with Crippen LogP contribution in [-0.4, -0.2) is 22.9 Å². The van der Waals surface area contributed by atoms with Gasteiger partial charge in [0.05, 0.1) is 12.7 Å². The minimum absolute atomic E-state index is 0.0907. The van der Waals surface area contributed by atoms with Crippen LogP contribution in [0.2, 0.25) is 0 Å². The van der Waals surface area contributed by atoms with Gasteiger partial charge in [-0.1, -0.05) is 26.7 Å². The summed E-state index contributed by atoms with van der Waals surface area (Å²) in [6.07, 6.45) is 5.33. The highest BCUT2D eigenvalue weighted by Gasteiger charge is 2.32. The van der Waals surface area contributed by atoms with E-state index < -0.39 is 6.10 Å². The molecule has 0 aromatic carbocycles. The molecule has 0 spiro atoms. The lowest BCUT2D eigenvalue weighted by molar-refractivity contribution is 0.0325. The topological polar surface area (TPSA) is 40.5 Å². The second-order valence-electron chi connectivity index (χ2n) is 5.00. The van der Waals surface area contributed by atoms with Crippen LogP contribution in [0.4, 0.5) is 0 Å². The molecular weight excluding hydrogens is 164 g/mol. The molecule has 2 atom stereocenters. The molecule has 1 aliphatic carbocycles. The van der Waals surface area contributed by atoms with Gasteiger partial charge in [-0.05, 0) is 30.6 Å². The Morgan fingerprint density at radius 2 is 2.08 bits per heavy atom. The Labute approximate surface area is 81.0 Å². The molecule has 13 heavy (non-hydrogen) atoms. The van der Waals surface area contributed by atoms with Crippen LogP contribution in [0.3, 0.4) is 0 Å². The first kappa shape index (κ1) is 11.0. The van der Waals surface area contributed by atoms with Gasteiger partial charge in [0, 0.05) is 0 Å². The third-order valence-electron chi connectivity index (χ3n) is 3.50. The summed E-state index contributed by atoms with van der Waals surface area (Å²) in [6.45, 7) is 4.47. The van der Waals surface area contributed by atoms with Gasteiger partial charge in [0.2, 0.25) is 0 Å². The van der Waals surface area contributed by atoms with E-state index >= 15 is 0 Å². The van der Waals surface area contributed by atoms with E-state index in [-0.39, 0.29) is 6.61 Å². The summed E-state index contributed by atoms with van der Waals surface area (Å²) in [7, 11) is 0. The van der Waals surface area contributed by atoms with Crippen molar-refractivity contribution in [1.29, 1.82) is 0 Å². The van der Waals surface area contributed by atoms with Crippen LogP contribution in [-0.2, 0) is 0 Å². The maximum atomic E-state index is 9.39. The van der Waals surface area contributed by atoms with Crippen molar-refractivity contribution in [2.45, 2.75) is 52.1 Å². The van der Waals surface area contributed by atoms with Crippen LogP contribution in [0.5, 0.6) is 0 Å². The fourth-order valence-electron chi connectivity index (χ4n) is 2.41. The van der Waals surface area contributed by atoms with E-state index in [0.29, 0.717) is 11.3 Å². The number of rotatable bonds is 3. The van der Waals surface area contributed by atoms with Crippen molar-refractivity contribution in [3.63, 3.8) is 0 Å². The van der Waals surface area contributed by atoms with Gasteiger partial charge in [-0.3, -0.25) is 0 Å². The zero-order valence-electron chi connectivity index (χ0n) is 8.79. The molecule has 2 nitrogen and oxygen atoms in total. The van der Waals surface area contributed by atoms with E-state index in [9.17, 15) is 5.11 Å². The van der Waals surface area contributed by atoms with Gasteiger partial charge in [0.15, 0.2) is 0 Å². The predicted molar refractivity (Wildman–Crippen MR) is 53.4 cm³/mol. The van der Waals surface area contributed by atoms with E-state index in [0.717, 1.165) is 6.42 Å². The summed E-state index contributed by atoms with van der Waals surface area (Å²) in [6, 6.07) is 0. The maximum absolute atomic E-state index is 9.39. The van der Waals surface area contributed by atoms with Crippen LogP contribution in [0.25, 0.3) is 0 Å². The fourth-order valence-corrected chi connectivity index (χ4v) is 2.41. The number of aliphatic hydroxyl groups is 2. The first-order valence-corrected chi connectivity index (χ1v) is 5.35. The summed E-state index contributed by atoms with van der Waals surface area (Å²) in [5.74, 6) is 0.586. The highest BCUT2D eigenvalue weighted by atomic mass is 16.3. The highest BCUT2D eigenvalue weighted by Crippen LogP contribution is 2.42. The summed E-state index contributed by atoms with van der Waals surface area (Å²) >= 11 is 0. The van der Waals surface area contributed by atoms with E-state index in [1.54, 1.807) is 0 Å². The molecule has 0 radical (unpaired) electrons. The SMILES string of the molecule is CC1(C)CCCCC1CC(O)CO. The number of hydrogen-bond acceptors (Lipinski definition) is 2. The van der Waals surface area contributed by atoms with Crippen molar-refractivity contribution in [1.82, 2.24) is 0 Å². The van der Waals surface area contributed by atoms with Crippen molar-refractivity contribution in [2.75, 3.05) is 6.61 Å². The molecule has 2 N–H and O–H groups in total. The van der Waals surface area contributed by atoms with Crippen molar-refractivity contribution in [3.05, 3.63) is 0 Å². The van der Waals surface area contributed by atoms with E-state index in [2.05, 4.69) is 13.8 Å². The average molecular weight is 186 g/mol. The Balaban J connectivity index is 2.46. The lowest BCUT2D eigenvalue weighted by Crippen LogP contribution is -2.31. The van der Waals surface area contributed by atoms with Gasteiger partial charge in [-0.15, -0.1) is 0 Å². The number of hydrogen-bond donors (Lipinski definition) is 2. The molecule has 1 fully saturated rings. The van der Waals surface area contributed by atoms with Crippen molar-refractivity contribution in [2.24, 2.45) is 11.3 Å². The Bertz CT molecular complexity index is 154. The standard InChI is InChI=1S/C11H22O2/c1-11(2)6-4-3-5-9(11)7-10(13)8-12/h9-10,12-13H,3-8H2,1-2H3. The minimum atomic E-state index is -0.512. The van der Waals surface area contributed by atoms with Gasteiger partial charge in [-0.2, -0.15) is 0 Å². The average Bonchev–Trinajstić information content (AvgIpc) is 2.08. The molecule has 0 aromatic heterocycles. The second-order valence-corrected chi connectivity index (χ2v) is 5.00. The maximum Gasteiger partial charge on any atom is 0.0773 e. The molecule has 0 aromatic rings. The van der Waals surface area contributed by atoms with Crippen LogP contribution in [0, 0.1) is 11.3 Å². The summed E-state index contributed by atoms with van der Waals surface area (Å²) in [4.78, 5) is 0. The largest absolute Gasteiger partial charge is 0.394 e. The van der Waals surface area contributed by atoms with E-state index in [1.165, 1.54) is 25.7 Å². The molecule has 0 saturated heterocycles. The second kappa shape index (κ2) is 4.43. The third-order valence-corrected chi connectivity index (χ3v) is 3.50. The molecule has 1 rings (SSSR count). The smallest absolute Gasteiger partial charge is 0.0773 e. The molecule has 0 aliphatic heterocycles. The molecule has 0 amide bonds. The van der Waals surface area contributed by atoms with Gasteiger partial charge in [0.25, 0.3) is 0 Å². The Morgan fingerprint density at radius 1 is 1.38 bits per heavy atom. The van der Waals surface area contributed by atoms with Crippen molar-refractivity contribution >= 4 is 0 Å². The van der Waals surface area contributed by atoms with Crippen LogP contribution >= 0.6 is 0 Å². The predicted octanol–water partition coefficient (Wildman–Crippen LogP) is 1.95. The summed E-state index contributed by atoms with van der Waals surface area (Å²) < 4.78 is 0. The van der Waals surface area contributed by atoms with Crippen molar-refractivity contribution in [3.8, 4) is 0 Å². The zero-order chi connectivity index (χ0) is 9.90. The first-order chi connectivity index (χ1) is 6.06. The van der Waals surface area contributed by atoms with E-state index in [4.69, 9.17) is 5.11 Å². The molecule has 1 aliphatic rings. The molecule has 1 saturated carbocycles. The Kier molecular flexibility index (Phi) is 3.74. The van der Waals surface area contributed by atoms with Crippen LogP contribution in [0.15, 0.2) is 0 Å². The molecular formula is C11H22O2. The highest BCUT2D eigenvalue weighted by molar-refractivity contribution is 4.83. The summed E-state index contributed by atoms with van der Waals surface area (Å²) in [5, 5.41) is 18.2. The lowest BCUT2D eigenvalue weighted by Gasteiger charge is -2.39. The third kappa shape index (κ3) is 2.96. The van der Waals surface area contributed by atoms with Crippen molar-refractivity contribution < 1.29 is 10.2 Å². The van der Waals surface area contributed by atoms with Gasteiger partial charge in [0.1, 0.15) is 0 Å². The fraction of sp³-hybridized carbons (Fsp3) is 1.00. The molecule has 2 unspecified atom stereocenters. The monoisotopic (exact) mass is 186 g/mol. The Morgan fingerprint density at radius 3 is 2.62 bits per heavy atom. The van der Waals surface area contributed by atoms with Crippen LogP contribution in [0.1, 0.15) is 46.0 Å².